The van der Waals surface area contributed by atoms with Gasteiger partial charge in [0.05, 0.1) is 0 Å². The summed E-state index contributed by atoms with van der Waals surface area (Å²) in [6, 6.07) is 62.2. The average Bonchev–Trinajstić information content (AvgIpc) is 3.73. The highest BCUT2D eigenvalue weighted by Crippen LogP contribution is 2.42. The van der Waals surface area contributed by atoms with E-state index >= 15 is 0 Å². The number of nitrogens with zero attached hydrogens (tertiary/aromatic N) is 1. The molecule has 0 saturated heterocycles. The van der Waals surface area contributed by atoms with Crippen LogP contribution in [0.15, 0.2) is 185 Å². The SMILES string of the molecule is c1cc(-c2cccc3ccccc23)cc(N(c2ccc(-c3cccc4oc5ccccc5c34)cc2)c2ccc3oc4ccccc4c3c2)c1. The van der Waals surface area contributed by atoms with Gasteiger partial charge in [-0.15, -0.1) is 0 Å². The summed E-state index contributed by atoms with van der Waals surface area (Å²) in [5.41, 5.74) is 11.5. The van der Waals surface area contributed by atoms with Gasteiger partial charge in [-0.2, -0.15) is 0 Å². The summed E-state index contributed by atoms with van der Waals surface area (Å²) in [7, 11) is 0. The van der Waals surface area contributed by atoms with E-state index < -0.39 is 0 Å². The lowest BCUT2D eigenvalue weighted by Gasteiger charge is -2.26. The van der Waals surface area contributed by atoms with E-state index in [9.17, 15) is 0 Å². The predicted octanol–water partition coefficient (Wildman–Crippen LogP) is 13.4. The van der Waals surface area contributed by atoms with E-state index in [-0.39, 0.29) is 0 Å². The Morgan fingerprint density at radius 2 is 0.918 bits per heavy atom. The Morgan fingerprint density at radius 1 is 0.327 bits per heavy atom. The van der Waals surface area contributed by atoms with Gasteiger partial charge in [-0.05, 0) is 93.7 Å². The maximum absolute atomic E-state index is 6.21. The Labute approximate surface area is 282 Å². The number of hydrogen-bond acceptors (Lipinski definition) is 3. The molecule has 0 saturated carbocycles. The number of furan rings is 2. The molecule has 230 valence electrons. The topological polar surface area (TPSA) is 29.5 Å². The largest absolute Gasteiger partial charge is 0.456 e. The second kappa shape index (κ2) is 11.0. The van der Waals surface area contributed by atoms with Gasteiger partial charge in [0, 0.05) is 38.6 Å². The van der Waals surface area contributed by atoms with Gasteiger partial charge in [0.15, 0.2) is 0 Å². The molecule has 0 aliphatic carbocycles. The van der Waals surface area contributed by atoms with Crippen molar-refractivity contribution in [3.63, 3.8) is 0 Å². The molecule has 0 spiro atoms. The van der Waals surface area contributed by atoms with Crippen LogP contribution in [-0.2, 0) is 0 Å². The molecule has 0 aliphatic heterocycles. The predicted molar refractivity (Wildman–Crippen MR) is 204 cm³/mol. The van der Waals surface area contributed by atoms with Gasteiger partial charge in [0.2, 0.25) is 0 Å². The maximum Gasteiger partial charge on any atom is 0.136 e. The summed E-state index contributed by atoms with van der Waals surface area (Å²) in [4.78, 5) is 2.34. The van der Waals surface area contributed by atoms with Crippen LogP contribution >= 0.6 is 0 Å². The maximum atomic E-state index is 6.21. The Morgan fingerprint density at radius 3 is 1.80 bits per heavy atom. The Balaban J connectivity index is 1.14. The first-order valence-electron chi connectivity index (χ1n) is 16.6. The third-order valence-electron chi connectivity index (χ3n) is 9.66. The van der Waals surface area contributed by atoms with E-state index in [1.807, 2.05) is 30.3 Å². The van der Waals surface area contributed by atoms with Gasteiger partial charge in [-0.3, -0.25) is 0 Å². The summed E-state index contributed by atoms with van der Waals surface area (Å²) in [5, 5.41) is 6.95. The van der Waals surface area contributed by atoms with E-state index in [1.54, 1.807) is 0 Å². The molecule has 8 aromatic carbocycles. The molecule has 0 fully saturated rings. The van der Waals surface area contributed by atoms with Gasteiger partial charge >= 0.3 is 0 Å². The highest BCUT2D eigenvalue weighted by Gasteiger charge is 2.18. The van der Waals surface area contributed by atoms with Crippen molar-refractivity contribution in [1.82, 2.24) is 0 Å². The zero-order valence-corrected chi connectivity index (χ0v) is 26.5. The van der Waals surface area contributed by atoms with E-state index in [1.165, 1.54) is 21.9 Å². The molecular weight excluding hydrogens is 599 g/mol. The molecule has 10 aromatic rings. The van der Waals surface area contributed by atoms with Gasteiger partial charge in [-0.1, -0.05) is 115 Å². The van der Waals surface area contributed by atoms with Crippen molar-refractivity contribution in [2.75, 3.05) is 4.90 Å². The lowest BCUT2D eigenvalue weighted by Crippen LogP contribution is -2.10. The molecular formula is C46H29NO2. The van der Waals surface area contributed by atoms with Crippen LogP contribution in [0.3, 0.4) is 0 Å². The van der Waals surface area contributed by atoms with Crippen LogP contribution in [0, 0.1) is 0 Å². The van der Waals surface area contributed by atoms with Crippen LogP contribution in [-0.4, -0.2) is 0 Å². The van der Waals surface area contributed by atoms with Crippen LogP contribution in [0.2, 0.25) is 0 Å². The van der Waals surface area contributed by atoms with Gasteiger partial charge < -0.3 is 13.7 Å². The van der Waals surface area contributed by atoms with Crippen LogP contribution in [0.5, 0.6) is 0 Å². The summed E-state index contributed by atoms with van der Waals surface area (Å²) >= 11 is 0. The second-order valence-electron chi connectivity index (χ2n) is 12.5. The molecule has 0 aliphatic rings. The summed E-state index contributed by atoms with van der Waals surface area (Å²) < 4.78 is 12.4. The minimum atomic E-state index is 0.880. The van der Waals surface area contributed by atoms with E-state index in [0.29, 0.717) is 0 Å². The number of benzene rings is 8. The van der Waals surface area contributed by atoms with Crippen molar-refractivity contribution in [3.8, 4) is 22.3 Å². The van der Waals surface area contributed by atoms with Crippen molar-refractivity contribution in [1.29, 1.82) is 0 Å². The van der Waals surface area contributed by atoms with E-state index in [0.717, 1.165) is 72.1 Å². The highest BCUT2D eigenvalue weighted by atomic mass is 16.3. The molecule has 3 heteroatoms. The zero-order chi connectivity index (χ0) is 32.3. The van der Waals surface area contributed by atoms with Crippen molar-refractivity contribution in [3.05, 3.63) is 176 Å². The fourth-order valence-corrected chi connectivity index (χ4v) is 7.40. The van der Waals surface area contributed by atoms with Crippen molar-refractivity contribution < 1.29 is 8.83 Å². The molecule has 0 radical (unpaired) electrons. The minimum absolute atomic E-state index is 0.880. The molecule has 0 unspecified atom stereocenters. The normalized spacial score (nSPS) is 11.7. The van der Waals surface area contributed by atoms with Crippen molar-refractivity contribution in [2.45, 2.75) is 0 Å². The molecule has 0 amide bonds. The molecule has 3 nitrogen and oxygen atoms in total. The molecule has 0 atom stereocenters. The quantitative estimate of drug-likeness (QED) is 0.190. The second-order valence-corrected chi connectivity index (χ2v) is 12.5. The smallest absolute Gasteiger partial charge is 0.136 e. The zero-order valence-electron chi connectivity index (χ0n) is 26.5. The first kappa shape index (κ1) is 27.5. The summed E-state index contributed by atoms with van der Waals surface area (Å²) in [6.45, 7) is 0. The monoisotopic (exact) mass is 627 g/mol. The summed E-state index contributed by atoms with van der Waals surface area (Å²) in [6.07, 6.45) is 0. The highest BCUT2D eigenvalue weighted by molar-refractivity contribution is 6.12. The van der Waals surface area contributed by atoms with E-state index in [4.69, 9.17) is 8.83 Å². The first-order chi connectivity index (χ1) is 24.3. The van der Waals surface area contributed by atoms with Crippen LogP contribution in [0.4, 0.5) is 17.1 Å². The van der Waals surface area contributed by atoms with Crippen LogP contribution in [0.25, 0.3) is 76.9 Å². The minimum Gasteiger partial charge on any atom is -0.456 e. The summed E-state index contributed by atoms with van der Waals surface area (Å²) in [5.74, 6) is 0. The Bertz CT molecular complexity index is 2830. The number of para-hydroxylation sites is 2. The fraction of sp³-hybridized carbons (Fsp3) is 0. The lowest BCUT2D eigenvalue weighted by atomic mass is 9.97. The third kappa shape index (κ3) is 4.51. The molecule has 10 rings (SSSR count). The van der Waals surface area contributed by atoms with Crippen molar-refractivity contribution in [2.24, 2.45) is 0 Å². The molecule has 2 aromatic heterocycles. The van der Waals surface area contributed by atoms with Gasteiger partial charge in [0.1, 0.15) is 22.3 Å². The molecule has 2 heterocycles. The number of rotatable bonds is 5. The van der Waals surface area contributed by atoms with E-state index in [2.05, 4.69) is 150 Å². The van der Waals surface area contributed by atoms with Crippen molar-refractivity contribution >= 4 is 71.7 Å². The first-order valence-corrected chi connectivity index (χ1v) is 16.6. The molecule has 0 N–H and O–H groups in total. The number of hydrogen-bond donors (Lipinski definition) is 0. The number of fused-ring (bicyclic) bond motifs is 7. The van der Waals surface area contributed by atoms with Gasteiger partial charge in [0.25, 0.3) is 0 Å². The van der Waals surface area contributed by atoms with Crippen LogP contribution in [0.1, 0.15) is 0 Å². The van der Waals surface area contributed by atoms with Crippen LogP contribution < -0.4 is 4.90 Å². The van der Waals surface area contributed by atoms with Gasteiger partial charge in [-0.25, -0.2) is 0 Å². The molecule has 49 heavy (non-hydrogen) atoms. The fourth-order valence-electron chi connectivity index (χ4n) is 7.40. The average molecular weight is 628 g/mol. The standard InChI is InChI=1S/C46H29NO2/c1-2-14-36-30(10-1)11-8-17-37(36)32-12-7-13-34(28-32)47(35-26-27-44-41(29-35)39-15-3-5-19-42(39)48-44)33-24-22-31(23-25-33)38-18-9-21-45-46(38)40-16-4-6-20-43(40)49-45/h1-29H. The Kier molecular flexibility index (Phi) is 6.18. The third-order valence-corrected chi connectivity index (χ3v) is 9.66. The Hall–Kier alpha value is -6.58. The number of anilines is 3. The lowest BCUT2D eigenvalue weighted by molar-refractivity contribution is 0.668. The molecule has 0 bridgehead atoms.